The monoisotopic (exact) mass is 412 g/mol. The molecule has 0 unspecified atom stereocenters. The normalized spacial score (nSPS) is 21.8. The van der Waals surface area contributed by atoms with E-state index >= 15 is 0 Å². The van der Waals surface area contributed by atoms with Crippen LogP contribution in [-0.4, -0.2) is 73.2 Å². The summed E-state index contributed by atoms with van der Waals surface area (Å²) in [5.41, 5.74) is 0. The molecule has 1 aliphatic carbocycles. The van der Waals surface area contributed by atoms with Crippen molar-refractivity contribution in [3.05, 3.63) is 0 Å². The van der Waals surface area contributed by atoms with Crippen molar-refractivity contribution in [1.82, 2.24) is 9.80 Å². The van der Waals surface area contributed by atoms with Crippen molar-refractivity contribution in [2.24, 2.45) is 5.92 Å². The molecule has 6 heteroatoms. The molecular weight excluding hydrogens is 368 g/mol. The lowest BCUT2D eigenvalue weighted by molar-refractivity contribution is -0.154. The van der Waals surface area contributed by atoms with Gasteiger partial charge in [0.2, 0.25) is 11.8 Å². The highest BCUT2D eigenvalue weighted by molar-refractivity contribution is 5.77. The zero-order valence-corrected chi connectivity index (χ0v) is 19.5. The van der Waals surface area contributed by atoms with Crippen LogP contribution in [0.25, 0.3) is 0 Å². The molecule has 1 rings (SSSR count). The van der Waals surface area contributed by atoms with E-state index in [0.717, 1.165) is 71.1 Å². The minimum atomic E-state index is -0.119. The molecular formula is C23H44N2O4. The van der Waals surface area contributed by atoms with E-state index < -0.39 is 0 Å². The summed E-state index contributed by atoms with van der Waals surface area (Å²) in [5.74, 6) is 0.655. The summed E-state index contributed by atoms with van der Waals surface area (Å²) in [6.45, 7) is 13.8. The Morgan fingerprint density at radius 2 is 1.14 bits per heavy atom. The number of carbonyl (C=O) groups is 2. The second-order valence-corrected chi connectivity index (χ2v) is 8.38. The van der Waals surface area contributed by atoms with E-state index in [1.165, 1.54) is 0 Å². The molecule has 1 aliphatic rings. The molecule has 0 aromatic carbocycles. The Morgan fingerprint density at radius 1 is 0.724 bits per heavy atom. The molecule has 0 aromatic heterocycles. The van der Waals surface area contributed by atoms with E-state index in [0.29, 0.717) is 5.92 Å². The van der Waals surface area contributed by atoms with Crippen LogP contribution in [0.3, 0.4) is 0 Å². The molecule has 0 saturated heterocycles. The van der Waals surface area contributed by atoms with Crippen LogP contribution in [0, 0.1) is 5.92 Å². The van der Waals surface area contributed by atoms with Crippen LogP contribution in [-0.2, 0) is 19.1 Å². The van der Waals surface area contributed by atoms with Gasteiger partial charge >= 0.3 is 0 Å². The maximum Gasteiger partial charge on any atom is 0.248 e. The Hall–Kier alpha value is -1.14. The third kappa shape index (κ3) is 9.47. The maximum absolute atomic E-state index is 12.6. The number of rotatable bonds is 14. The molecule has 0 N–H and O–H groups in total. The van der Waals surface area contributed by atoms with Crippen molar-refractivity contribution < 1.29 is 19.1 Å². The second-order valence-electron chi connectivity index (χ2n) is 8.38. The second kappa shape index (κ2) is 14.8. The summed E-state index contributed by atoms with van der Waals surface area (Å²) in [5, 5.41) is 0. The highest BCUT2D eigenvalue weighted by atomic mass is 16.5. The van der Waals surface area contributed by atoms with E-state index in [4.69, 9.17) is 9.47 Å². The number of hydrogen-bond donors (Lipinski definition) is 0. The molecule has 6 nitrogen and oxygen atoms in total. The summed E-state index contributed by atoms with van der Waals surface area (Å²) >= 11 is 0. The molecule has 2 amide bonds. The molecule has 0 radical (unpaired) electrons. The Bertz CT molecular complexity index is 460. The smallest absolute Gasteiger partial charge is 0.248 e. The van der Waals surface area contributed by atoms with Crippen molar-refractivity contribution in [2.45, 2.75) is 91.8 Å². The molecule has 3 atom stereocenters. The lowest BCUT2D eigenvalue weighted by Gasteiger charge is -2.35. The molecule has 0 bridgehead atoms. The van der Waals surface area contributed by atoms with Gasteiger partial charge in [0.25, 0.3) is 0 Å². The average Bonchev–Trinajstić information content (AvgIpc) is 2.70. The van der Waals surface area contributed by atoms with Crippen LogP contribution in [0.15, 0.2) is 0 Å². The van der Waals surface area contributed by atoms with E-state index in [2.05, 4.69) is 34.6 Å². The summed E-state index contributed by atoms with van der Waals surface area (Å²) in [7, 11) is 0. The van der Waals surface area contributed by atoms with E-state index in [1.54, 1.807) is 0 Å². The van der Waals surface area contributed by atoms with Crippen LogP contribution in [0.5, 0.6) is 0 Å². The third-order valence-corrected chi connectivity index (χ3v) is 5.51. The van der Waals surface area contributed by atoms with Gasteiger partial charge in [-0.05, 0) is 50.9 Å². The summed E-state index contributed by atoms with van der Waals surface area (Å²) in [6.07, 6.45) is 6.39. The minimum absolute atomic E-state index is 0.0545. The summed E-state index contributed by atoms with van der Waals surface area (Å²) in [6, 6.07) is 0. The highest BCUT2D eigenvalue weighted by Gasteiger charge is 2.32. The standard InChI is InChI=1S/C23H44N2O4/c1-6-12-24(13-7-2)22(26)17-28-20-11-10-19(5)16-21(20)29-18-23(27)25(14-8-3)15-9-4/h19-21H,6-18H2,1-5H3/t19-,20+,21+/m1/s1. The predicted molar refractivity (Wildman–Crippen MR) is 117 cm³/mol. The predicted octanol–water partition coefficient (Wildman–Crippen LogP) is 3.87. The first-order valence-corrected chi connectivity index (χ1v) is 11.7. The summed E-state index contributed by atoms with van der Waals surface area (Å²) < 4.78 is 12.1. The van der Waals surface area contributed by atoms with Crippen LogP contribution in [0.4, 0.5) is 0 Å². The van der Waals surface area contributed by atoms with Gasteiger partial charge in [0.05, 0.1) is 12.2 Å². The SMILES string of the molecule is CCCN(CCC)C(=O)CO[C@H]1CC[C@@H](C)C[C@@H]1OCC(=O)N(CCC)CCC. The number of ether oxygens (including phenoxy) is 2. The van der Waals surface area contributed by atoms with Gasteiger partial charge in [0.1, 0.15) is 13.2 Å². The fourth-order valence-electron chi connectivity index (χ4n) is 4.01. The Labute approximate surface area is 178 Å². The lowest BCUT2D eigenvalue weighted by Crippen LogP contribution is -2.43. The van der Waals surface area contributed by atoms with Crippen LogP contribution in [0.1, 0.15) is 79.6 Å². The Morgan fingerprint density at radius 3 is 1.55 bits per heavy atom. The van der Waals surface area contributed by atoms with E-state index in [-0.39, 0.29) is 37.2 Å². The molecule has 0 heterocycles. The zero-order valence-electron chi connectivity index (χ0n) is 19.5. The Kier molecular flexibility index (Phi) is 13.2. The van der Waals surface area contributed by atoms with Gasteiger partial charge in [-0.15, -0.1) is 0 Å². The van der Waals surface area contributed by atoms with Crippen molar-refractivity contribution in [3.63, 3.8) is 0 Å². The Balaban J connectivity index is 2.59. The van der Waals surface area contributed by atoms with Crippen molar-refractivity contribution in [2.75, 3.05) is 39.4 Å². The van der Waals surface area contributed by atoms with Gasteiger partial charge in [-0.3, -0.25) is 9.59 Å². The van der Waals surface area contributed by atoms with Crippen LogP contribution >= 0.6 is 0 Å². The third-order valence-electron chi connectivity index (χ3n) is 5.51. The van der Waals surface area contributed by atoms with Gasteiger partial charge in [-0.2, -0.15) is 0 Å². The fourth-order valence-corrected chi connectivity index (χ4v) is 4.01. The van der Waals surface area contributed by atoms with Gasteiger partial charge in [-0.25, -0.2) is 0 Å². The first-order chi connectivity index (χ1) is 14.0. The first-order valence-electron chi connectivity index (χ1n) is 11.7. The van der Waals surface area contributed by atoms with Gasteiger partial charge in [-0.1, -0.05) is 34.6 Å². The van der Waals surface area contributed by atoms with E-state index in [9.17, 15) is 9.59 Å². The fraction of sp³-hybridized carbons (Fsp3) is 0.913. The van der Waals surface area contributed by atoms with E-state index in [1.807, 2.05) is 9.80 Å². The van der Waals surface area contributed by atoms with Crippen LogP contribution < -0.4 is 0 Å². The maximum atomic E-state index is 12.6. The number of nitrogens with zero attached hydrogens (tertiary/aromatic N) is 2. The molecule has 0 spiro atoms. The molecule has 0 aromatic rings. The van der Waals surface area contributed by atoms with Gasteiger partial charge in [0, 0.05) is 26.2 Å². The summed E-state index contributed by atoms with van der Waals surface area (Å²) in [4.78, 5) is 28.9. The van der Waals surface area contributed by atoms with Gasteiger partial charge in [0.15, 0.2) is 0 Å². The topological polar surface area (TPSA) is 59.1 Å². The molecule has 1 fully saturated rings. The molecule has 0 aliphatic heterocycles. The first kappa shape index (κ1) is 25.9. The minimum Gasteiger partial charge on any atom is -0.366 e. The largest absolute Gasteiger partial charge is 0.366 e. The quantitative estimate of drug-likeness (QED) is 0.434. The lowest BCUT2D eigenvalue weighted by atomic mass is 9.86. The average molecular weight is 413 g/mol. The molecule has 29 heavy (non-hydrogen) atoms. The highest BCUT2D eigenvalue weighted by Crippen LogP contribution is 2.28. The number of amides is 2. The van der Waals surface area contributed by atoms with Gasteiger partial charge < -0.3 is 19.3 Å². The molecule has 1 saturated carbocycles. The van der Waals surface area contributed by atoms with Crippen molar-refractivity contribution in [3.8, 4) is 0 Å². The number of carbonyl (C=O) groups excluding carboxylic acids is 2. The number of hydrogen-bond acceptors (Lipinski definition) is 4. The van der Waals surface area contributed by atoms with Crippen molar-refractivity contribution >= 4 is 11.8 Å². The molecule has 170 valence electrons. The van der Waals surface area contributed by atoms with Crippen molar-refractivity contribution in [1.29, 1.82) is 0 Å². The van der Waals surface area contributed by atoms with Crippen LogP contribution in [0.2, 0.25) is 0 Å². The zero-order chi connectivity index (χ0) is 21.6.